The van der Waals surface area contributed by atoms with Crippen LogP contribution in [0.2, 0.25) is 0 Å². The summed E-state index contributed by atoms with van der Waals surface area (Å²) in [6.07, 6.45) is -3.07. The molecule has 0 atom stereocenters. The number of pyridine rings is 1. The molecule has 1 heterocycles. The summed E-state index contributed by atoms with van der Waals surface area (Å²) in [4.78, 5) is 3.16. The molecule has 1 aromatic heterocycles. The van der Waals surface area contributed by atoms with Gasteiger partial charge in [-0.05, 0) is 0 Å². The Balaban J connectivity index is 3.25. The molecule has 0 fully saturated rings. The van der Waals surface area contributed by atoms with E-state index in [1.807, 2.05) is 0 Å². The van der Waals surface area contributed by atoms with Gasteiger partial charge >= 0.3 is 0 Å². The van der Waals surface area contributed by atoms with Gasteiger partial charge in [0.1, 0.15) is 0 Å². The molecule has 0 bridgehead atoms. The van der Waals surface area contributed by atoms with Crippen LogP contribution in [-0.4, -0.2) is 15.2 Å². The Morgan fingerprint density at radius 2 is 2.08 bits per heavy atom. The van der Waals surface area contributed by atoms with Crippen molar-refractivity contribution in [1.82, 2.24) is 4.98 Å². The van der Waals surface area contributed by atoms with Crippen LogP contribution in [-0.2, 0) is 6.61 Å². The monoisotopic (exact) mass is 193 g/mol. The highest BCUT2D eigenvalue weighted by Gasteiger charge is 2.19. The van der Waals surface area contributed by atoms with Crippen molar-refractivity contribution in [3.63, 3.8) is 0 Å². The van der Waals surface area contributed by atoms with E-state index in [0.717, 1.165) is 0 Å². The zero-order chi connectivity index (χ0) is 10.0. The van der Waals surface area contributed by atoms with Gasteiger partial charge in [0.25, 0.3) is 6.43 Å². The van der Waals surface area contributed by atoms with Crippen molar-refractivity contribution in [3.8, 4) is 5.75 Å². The van der Waals surface area contributed by atoms with Crippen molar-refractivity contribution < 1.29 is 23.4 Å². The summed E-state index contributed by atoms with van der Waals surface area (Å²) >= 11 is 0. The first-order chi connectivity index (χ1) is 6.06. The summed E-state index contributed by atoms with van der Waals surface area (Å²) in [5, 5.41) is 17.3. The van der Waals surface area contributed by atoms with Crippen LogP contribution in [0, 0.1) is 5.82 Å². The molecule has 0 radical (unpaired) electrons. The summed E-state index contributed by atoms with van der Waals surface area (Å²) < 4.78 is 36.8. The van der Waals surface area contributed by atoms with Gasteiger partial charge in [-0.1, -0.05) is 0 Å². The average Bonchev–Trinajstić information content (AvgIpc) is 2.09. The second-order valence-corrected chi connectivity index (χ2v) is 2.29. The number of hydrogen-bond acceptors (Lipinski definition) is 3. The number of nitrogens with zero attached hydrogens (tertiary/aromatic N) is 1. The minimum atomic E-state index is -3.07. The van der Waals surface area contributed by atoms with Crippen molar-refractivity contribution in [2.24, 2.45) is 0 Å². The Bertz CT molecular complexity index is 317. The maximum atomic E-state index is 12.7. The van der Waals surface area contributed by atoms with E-state index >= 15 is 0 Å². The van der Waals surface area contributed by atoms with Crippen molar-refractivity contribution in [1.29, 1.82) is 0 Å². The second kappa shape index (κ2) is 3.61. The van der Waals surface area contributed by atoms with E-state index in [0.29, 0.717) is 6.07 Å². The molecule has 6 heteroatoms. The van der Waals surface area contributed by atoms with E-state index < -0.39 is 30.3 Å². The number of hydrogen-bond donors (Lipinski definition) is 2. The summed E-state index contributed by atoms with van der Waals surface area (Å²) in [5.41, 5.74) is -1.30. The SMILES string of the molecule is OCc1cc(F)c(O)c(C(F)F)n1. The molecule has 13 heavy (non-hydrogen) atoms. The standard InChI is InChI=1S/C7H6F3NO2/c8-4-1-3(2-12)11-5(6(4)13)7(9)10/h1,7,12-13H,2H2. The van der Waals surface area contributed by atoms with Crippen molar-refractivity contribution in [2.45, 2.75) is 13.0 Å². The molecule has 1 aromatic rings. The fraction of sp³-hybridized carbons (Fsp3) is 0.286. The van der Waals surface area contributed by atoms with Crippen molar-refractivity contribution in [2.75, 3.05) is 0 Å². The second-order valence-electron chi connectivity index (χ2n) is 2.29. The first kappa shape index (κ1) is 9.79. The Labute approximate surface area is 71.5 Å². The summed E-state index contributed by atoms with van der Waals surface area (Å²) in [5.74, 6) is -2.39. The normalized spacial score (nSPS) is 10.8. The molecule has 0 amide bonds. The molecule has 0 saturated heterocycles. The van der Waals surface area contributed by atoms with Gasteiger partial charge in [0.05, 0.1) is 12.3 Å². The number of aliphatic hydroxyl groups excluding tert-OH is 1. The molecule has 0 aliphatic carbocycles. The molecule has 1 rings (SSSR count). The lowest BCUT2D eigenvalue weighted by atomic mass is 10.2. The first-order valence-electron chi connectivity index (χ1n) is 3.33. The van der Waals surface area contributed by atoms with Gasteiger partial charge in [0.15, 0.2) is 17.3 Å². The lowest BCUT2D eigenvalue weighted by molar-refractivity contribution is 0.139. The molecule has 0 aromatic carbocycles. The lowest BCUT2D eigenvalue weighted by Gasteiger charge is -2.05. The van der Waals surface area contributed by atoms with E-state index in [9.17, 15) is 13.2 Å². The van der Waals surface area contributed by atoms with E-state index in [2.05, 4.69) is 4.98 Å². The third-order valence-corrected chi connectivity index (χ3v) is 1.39. The van der Waals surface area contributed by atoms with Crippen molar-refractivity contribution in [3.05, 3.63) is 23.3 Å². The van der Waals surface area contributed by atoms with Gasteiger partial charge < -0.3 is 10.2 Å². The van der Waals surface area contributed by atoms with E-state index in [-0.39, 0.29) is 5.69 Å². The molecular formula is C7H6F3NO2. The van der Waals surface area contributed by atoms with Crippen LogP contribution in [0.15, 0.2) is 6.07 Å². The quantitative estimate of drug-likeness (QED) is 0.745. The highest BCUT2D eigenvalue weighted by atomic mass is 19.3. The minimum absolute atomic E-state index is 0.245. The van der Waals surface area contributed by atoms with Crippen LogP contribution in [0.25, 0.3) is 0 Å². The number of aliphatic hydroxyl groups is 1. The van der Waals surface area contributed by atoms with Gasteiger partial charge in [0.2, 0.25) is 0 Å². The summed E-state index contributed by atoms with van der Waals surface area (Å²) in [7, 11) is 0. The zero-order valence-corrected chi connectivity index (χ0v) is 6.34. The molecule has 0 unspecified atom stereocenters. The van der Waals surface area contributed by atoms with Gasteiger partial charge in [-0.25, -0.2) is 18.2 Å². The molecule has 0 aliphatic rings. The predicted octanol–water partition coefficient (Wildman–Crippen LogP) is 1.36. The number of aromatic hydroxyl groups is 1. The van der Waals surface area contributed by atoms with Crippen LogP contribution < -0.4 is 0 Å². The van der Waals surface area contributed by atoms with Crippen LogP contribution in [0.5, 0.6) is 5.75 Å². The highest BCUT2D eigenvalue weighted by molar-refractivity contribution is 5.30. The summed E-state index contributed by atoms with van der Waals surface area (Å²) in [6, 6.07) is 0.696. The predicted molar refractivity (Wildman–Crippen MR) is 36.7 cm³/mol. The Morgan fingerprint density at radius 1 is 1.46 bits per heavy atom. The van der Waals surface area contributed by atoms with E-state index in [1.165, 1.54) is 0 Å². The maximum absolute atomic E-state index is 12.7. The smallest absolute Gasteiger partial charge is 0.284 e. The Hall–Kier alpha value is -1.30. The number of alkyl halides is 2. The topological polar surface area (TPSA) is 53.4 Å². The lowest BCUT2D eigenvalue weighted by Crippen LogP contribution is -1.99. The Kier molecular flexibility index (Phi) is 2.72. The van der Waals surface area contributed by atoms with Crippen LogP contribution in [0.1, 0.15) is 17.8 Å². The number of halogens is 3. The average molecular weight is 193 g/mol. The van der Waals surface area contributed by atoms with Gasteiger partial charge in [-0.2, -0.15) is 0 Å². The molecule has 0 aliphatic heterocycles. The Morgan fingerprint density at radius 3 is 2.54 bits per heavy atom. The van der Waals surface area contributed by atoms with Gasteiger partial charge in [0, 0.05) is 6.07 Å². The molecule has 0 spiro atoms. The number of aromatic nitrogens is 1. The highest BCUT2D eigenvalue weighted by Crippen LogP contribution is 2.28. The maximum Gasteiger partial charge on any atom is 0.284 e. The first-order valence-corrected chi connectivity index (χ1v) is 3.33. The summed E-state index contributed by atoms with van der Waals surface area (Å²) in [6.45, 7) is -0.656. The van der Waals surface area contributed by atoms with Crippen molar-refractivity contribution >= 4 is 0 Å². The minimum Gasteiger partial charge on any atom is -0.503 e. The van der Waals surface area contributed by atoms with E-state index in [4.69, 9.17) is 10.2 Å². The molecular weight excluding hydrogens is 187 g/mol. The third kappa shape index (κ3) is 1.89. The van der Waals surface area contributed by atoms with Gasteiger partial charge in [-0.15, -0.1) is 0 Å². The van der Waals surface area contributed by atoms with Crippen LogP contribution >= 0.6 is 0 Å². The largest absolute Gasteiger partial charge is 0.503 e. The van der Waals surface area contributed by atoms with Crippen LogP contribution in [0.3, 0.4) is 0 Å². The molecule has 3 nitrogen and oxygen atoms in total. The molecule has 72 valence electrons. The fourth-order valence-corrected chi connectivity index (χ4v) is 0.810. The zero-order valence-electron chi connectivity index (χ0n) is 6.34. The molecule has 2 N–H and O–H groups in total. The number of rotatable bonds is 2. The van der Waals surface area contributed by atoms with Gasteiger partial charge in [-0.3, -0.25) is 0 Å². The third-order valence-electron chi connectivity index (χ3n) is 1.39. The fourth-order valence-electron chi connectivity index (χ4n) is 0.810. The van der Waals surface area contributed by atoms with E-state index in [1.54, 1.807) is 0 Å². The van der Waals surface area contributed by atoms with Crippen LogP contribution in [0.4, 0.5) is 13.2 Å². The molecule has 0 saturated carbocycles.